The zero-order chi connectivity index (χ0) is 17.4. The van der Waals surface area contributed by atoms with Crippen LogP contribution in [-0.4, -0.2) is 57.1 Å². The quantitative estimate of drug-likeness (QED) is 0.860. The summed E-state index contributed by atoms with van der Waals surface area (Å²) >= 11 is 0. The molecule has 24 heavy (non-hydrogen) atoms. The lowest BCUT2D eigenvalue weighted by atomic mass is 10.1. The number of amides is 1. The topological polar surface area (TPSA) is 67.4 Å². The van der Waals surface area contributed by atoms with Crippen molar-refractivity contribution in [3.63, 3.8) is 0 Å². The summed E-state index contributed by atoms with van der Waals surface area (Å²) in [4.78, 5) is 21.4. The van der Waals surface area contributed by atoms with E-state index in [0.29, 0.717) is 24.8 Å². The SMILES string of the molecule is CCn1c(C)cc(C(=O)N2CCN(C)C(c3nc(C)no3)C2)c1C. The number of nitrogens with zero attached hydrogens (tertiary/aromatic N) is 5. The summed E-state index contributed by atoms with van der Waals surface area (Å²) < 4.78 is 7.50. The molecule has 2 aromatic heterocycles. The molecule has 1 fully saturated rings. The fourth-order valence-electron chi connectivity index (χ4n) is 3.45. The molecule has 1 atom stereocenters. The van der Waals surface area contributed by atoms with E-state index in [1.807, 2.05) is 31.9 Å². The Balaban J connectivity index is 1.83. The molecule has 1 unspecified atom stereocenters. The monoisotopic (exact) mass is 331 g/mol. The van der Waals surface area contributed by atoms with Gasteiger partial charge in [-0.25, -0.2) is 0 Å². The Bertz CT molecular complexity index is 748. The van der Waals surface area contributed by atoms with Crippen LogP contribution in [0.2, 0.25) is 0 Å². The van der Waals surface area contributed by atoms with Crippen LogP contribution in [0.15, 0.2) is 10.6 Å². The van der Waals surface area contributed by atoms with Crippen LogP contribution in [0.5, 0.6) is 0 Å². The first kappa shape index (κ1) is 16.7. The van der Waals surface area contributed by atoms with Crippen molar-refractivity contribution < 1.29 is 9.32 Å². The molecule has 3 rings (SSSR count). The number of aryl methyl sites for hydroxylation is 2. The number of hydrogen-bond acceptors (Lipinski definition) is 5. The molecular weight excluding hydrogens is 306 g/mol. The summed E-state index contributed by atoms with van der Waals surface area (Å²) in [6, 6.07) is 1.93. The molecule has 7 nitrogen and oxygen atoms in total. The van der Waals surface area contributed by atoms with Crippen molar-refractivity contribution in [3.8, 4) is 0 Å². The average molecular weight is 331 g/mol. The molecule has 0 bridgehead atoms. The molecule has 0 N–H and O–H groups in total. The Kier molecular flexibility index (Phi) is 4.45. The fraction of sp³-hybridized carbons (Fsp3) is 0.588. The fourth-order valence-corrected chi connectivity index (χ4v) is 3.45. The second-order valence-electron chi connectivity index (χ2n) is 6.46. The first-order chi connectivity index (χ1) is 11.4. The van der Waals surface area contributed by atoms with E-state index in [0.717, 1.165) is 30.0 Å². The molecular formula is C17H25N5O2. The van der Waals surface area contributed by atoms with Crippen molar-refractivity contribution >= 4 is 5.91 Å². The first-order valence-corrected chi connectivity index (χ1v) is 8.38. The zero-order valence-corrected chi connectivity index (χ0v) is 15.0. The highest BCUT2D eigenvalue weighted by molar-refractivity contribution is 5.95. The molecule has 0 saturated carbocycles. The highest BCUT2D eigenvalue weighted by atomic mass is 16.5. The number of rotatable bonds is 3. The maximum absolute atomic E-state index is 13.0. The van der Waals surface area contributed by atoms with E-state index in [-0.39, 0.29) is 11.9 Å². The maximum atomic E-state index is 13.0. The van der Waals surface area contributed by atoms with Gasteiger partial charge in [0.05, 0.1) is 5.56 Å². The largest absolute Gasteiger partial charge is 0.349 e. The number of hydrogen-bond donors (Lipinski definition) is 0. The summed E-state index contributed by atoms with van der Waals surface area (Å²) in [6.07, 6.45) is 0. The first-order valence-electron chi connectivity index (χ1n) is 8.38. The lowest BCUT2D eigenvalue weighted by Gasteiger charge is -2.37. The van der Waals surface area contributed by atoms with Crippen molar-refractivity contribution in [2.75, 3.05) is 26.7 Å². The molecule has 1 amide bonds. The van der Waals surface area contributed by atoms with Crippen LogP contribution >= 0.6 is 0 Å². The molecule has 0 aromatic carbocycles. The van der Waals surface area contributed by atoms with Crippen LogP contribution in [0.4, 0.5) is 0 Å². The van der Waals surface area contributed by atoms with Gasteiger partial charge in [0.1, 0.15) is 6.04 Å². The Morgan fingerprint density at radius 1 is 1.33 bits per heavy atom. The molecule has 7 heteroatoms. The summed E-state index contributed by atoms with van der Waals surface area (Å²) in [5, 5.41) is 3.87. The van der Waals surface area contributed by atoms with Gasteiger partial charge in [0.25, 0.3) is 5.91 Å². The minimum Gasteiger partial charge on any atom is -0.349 e. The highest BCUT2D eigenvalue weighted by Crippen LogP contribution is 2.25. The van der Waals surface area contributed by atoms with Crippen molar-refractivity contribution in [2.24, 2.45) is 0 Å². The van der Waals surface area contributed by atoms with Crippen LogP contribution in [-0.2, 0) is 6.54 Å². The van der Waals surface area contributed by atoms with Crippen LogP contribution in [0, 0.1) is 20.8 Å². The highest BCUT2D eigenvalue weighted by Gasteiger charge is 2.33. The number of likely N-dealkylation sites (N-methyl/N-ethyl adjacent to an activating group) is 1. The molecule has 3 heterocycles. The molecule has 1 aliphatic rings. The molecule has 1 aliphatic heterocycles. The number of aromatic nitrogens is 3. The van der Waals surface area contributed by atoms with E-state index in [4.69, 9.17) is 4.52 Å². The minimum atomic E-state index is -0.0569. The number of carbonyl (C=O) groups excluding carboxylic acids is 1. The molecule has 2 aromatic rings. The van der Waals surface area contributed by atoms with Gasteiger partial charge in [-0.15, -0.1) is 0 Å². The van der Waals surface area contributed by atoms with Crippen molar-refractivity contribution in [3.05, 3.63) is 34.7 Å². The van der Waals surface area contributed by atoms with Crippen LogP contribution < -0.4 is 0 Å². The Labute approximate surface area is 142 Å². The van der Waals surface area contributed by atoms with Gasteiger partial charge in [-0.2, -0.15) is 4.98 Å². The smallest absolute Gasteiger partial charge is 0.255 e. The van der Waals surface area contributed by atoms with E-state index in [1.165, 1.54) is 0 Å². The molecule has 0 aliphatic carbocycles. The van der Waals surface area contributed by atoms with Gasteiger partial charge in [0, 0.05) is 37.6 Å². The number of piperazine rings is 1. The molecule has 1 saturated heterocycles. The van der Waals surface area contributed by atoms with E-state index >= 15 is 0 Å². The summed E-state index contributed by atoms with van der Waals surface area (Å²) in [5.74, 6) is 1.28. The van der Waals surface area contributed by atoms with Crippen molar-refractivity contribution in [2.45, 2.75) is 40.3 Å². The second-order valence-corrected chi connectivity index (χ2v) is 6.46. The van der Waals surface area contributed by atoms with Gasteiger partial charge in [0.2, 0.25) is 5.89 Å². The third kappa shape index (κ3) is 2.84. The third-order valence-corrected chi connectivity index (χ3v) is 4.88. The van der Waals surface area contributed by atoms with Crippen molar-refractivity contribution in [1.29, 1.82) is 0 Å². The Morgan fingerprint density at radius 2 is 2.08 bits per heavy atom. The molecule has 0 radical (unpaired) electrons. The van der Waals surface area contributed by atoms with Gasteiger partial charge in [-0.3, -0.25) is 9.69 Å². The lowest BCUT2D eigenvalue weighted by molar-refractivity contribution is 0.0488. The van der Waals surface area contributed by atoms with Gasteiger partial charge in [-0.05, 0) is 40.8 Å². The van der Waals surface area contributed by atoms with Crippen LogP contribution in [0.1, 0.15) is 46.4 Å². The summed E-state index contributed by atoms with van der Waals surface area (Å²) in [6.45, 7) is 10.9. The predicted molar refractivity (Wildman–Crippen MR) is 89.9 cm³/mol. The number of carbonyl (C=O) groups is 1. The normalized spacial score (nSPS) is 19.0. The lowest BCUT2D eigenvalue weighted by Crippen LogP contribution is -2.49. The van der Waals surface area contributed by atoms with E-state index in [9.17, 15) is 4.79 Å². The van der Waals surface area contributed by atoms with E-state index < -0.39 is 0 Å². The maximum Gasteiger partial charge on any atom is 0.255 e. The summed E-state index contributed by atoms with van der Waals surface area (Å²) in [5.41, 5.74) is 2.94. The Hall–Kier alpha value is -2.15. The second kappa shape index (κ2) is 6.39. The zero-order valence-electron chi connectivity index (χ0n) is 15.0. The van der Waals surface area contributed by atoms with Crippen LogP contribution in [0.25, 0.3) is 0 Å². The molecule has 130 valence electrons. The predicted octanol–water partition coefficient (Wildman–Crippen LogP) is 1.95. The molecule has 0 spiro atoms. The van der Waals surface area contributed by atoms with E-state index in [1.54, 1.807) is 6.92 Å². The summed E-state index contributed by atoms with van der Waals surface area (Å²) in [7, 11) is 2.02. The van der Waals surface area contributed by atoms with Gasteiger partial charge in [0.15, 0.2) is 5.82 Å². The standard InChI is InChI=1S/C17H25N5O2/c1-6-22-11(2)9-14(12(22)3)17(23)21-8-7-20(5)15(10-21)16-18-13(4)19-24-16/h9,15H,6-8,10H2,1-5H3. The van der Waals surface area contributed by atoms with Gasteiger partial charge in [-0.1, -0.05) is 5.16 Å². The average Bonchev–Trinajstić information content (AvgIpc) is 3.10. The van der Waals surface area contributed by atoms with Gasteiger partial charge < -0.3 is 14.0 Å². The van der Waals surface area contributed by atoms with E-state index in [2.05, 4.69) is 26.5 Å². The van der Waals surface area contributed by atoms with Crippen LogP contribution in [0.3, 0.4) is 0 Å². The van der Waals surface area contributed by atoms with Gasteiger partial charge >= 0.3 is 0 Å². The van der Waals surface area contributed by atoms with Crippen molar-refractivity contribution in [1.82, 2.24) is 24.5 Å². The minimum absolute atomic E-state index is 0.0569. The Morgan fingerprint density at radius 3 is 2.67 bits per heavy atom. The third-order valence-electron chi connectivity index (χ3n) is 4.88.